The lowest BCUT2D eigenvalue weighted by molar-refractivity contribution is 0.00578. The van der Waals surface area contributed by atoms with Gasteiger partial charge in [-0.25, -0.2) is 0 Å². The average molecular weight is 377 g/mol. The molecule has 0 amide bonds. The molecule has 1 saturated heterocycles. The molecule has 0 spiro atoms. The maximum Gasteiger partial charge on any atom is 0.494 e. The fourth-order valence-electron chi connectivity index (χ4n) is 2.94. The van der Waals surface area contributed by atoms with Crippen molar-refractivity contribution in [2.45, 2.75) is 38.9 Å². The predicted molar refractivity (Wildman–Crippen MR) is 116 cm³/mol. The summed E-state index contributed by atoms with van der Waals surface area (Å²) in [5.74, 6) is -0.0304. The third-order valence-electron chi connectivity index (χ3n) is 5.56. The first-order valence-corrected chi connectivity index (χ1v) is 9.54. The summed E-state index contributed by atoms with van der Waals surface area (Å²) in [7, 11) is 3.59. The molecule has 28 heavy (non-hydrogen) atoms. The van der Waals surface area contributed by atoms with E-state index in [0.29, 0.717) is 5.56 Å². The van der Waals surface area contributed by atoms with E-state index in [1.807, 2.05) is 101 Å². The minimum atomic E-state index is -0.417. The first-order valence-electron chi connectivity index (χ1n) is 9.54. The van der Waals surface area contributed by atoms with Crippen LogP contribution in [0.4, 0.5) is 5.69 Å². The Kier molecular flexibility index (Phi) is 5.51. The van der Waals surface area contributed by atoms with Crippen molar-refractivity contribution in [3.05, 3.63) is 65.7 Å². The predicted octanol–water partition coefficient (Wildman–Crippen LogP) is 3.95. The molecule has 0 atom stereocenters. The molecule has 2 aromatic rings. The third kappa shape index (κ3) is 4.21. The minimum Gasteiger partial charge on any atom is -0.399 e. The molecule has 1 aliphatic heterocycles. The average Bonchev–Trinajstić information content (AvgIpc) is 2.87. The van der Waals surface area contributed by atoms with Gasteiger partial charge in [-0.2, -0.15) is 0 Å². The first-order chi connectivity index (χ1) is 13.1. The maximum atomic E-state index is 12.5. The molecule has 0 saturated carbocycles. The highest BCUT2D eigenvalue weighted by molar-refractivity contribution is 6.62. The number of carbonyl (C=O) groups excluding carboxylic acids is 1. The molecule has 0 N–H and O–H groups in total. The van der Waals surface area contributed by atoms with Gasteiger partial charge in [-0.3, -0.25) is 4.79 Å². The summed E-state index contributed by atoms with van der Waals surface area (Å²) >= 11 is 0. The summed E-state index contributed by atoms with van der Waals surface area (Å²) in [5, 5.41) is 0. The highest BCUT2D eigenvalue weighted by Gasteiger charge is 2.51. The zero-order valence-corrected chi connectivity index (χ0v) is 17.5. The van der Waals surface area contributed by atoms with E-state index in [1.165, 1.54) is 0 Å². The second-order valence-electron chi connectivity index (χ2n) is 8.39. The number of hydrogen-bond acceptors (Lipinski definition) is 4. The summed E-state index contributed by atoms with van der Waals surface area (Å²) in [4.78, 5) is 14.5. The molecule has 0 aromatic heterocycles. The second kappa shape index (κ2) is 7.57. The molecule has 1 aliphatic rings. The van der Waals surface area contributed by atoms with Crippen LogP contribution in [0.15, 0.2) is 54.6 Å². The molecule has 5 heteroatoms. The fourth-order valence-corrected chi connectivity index (χ4v) is 2.94. The Balaban J connectivity index is 1.67. The summed E-state index contributed by atoms with van der Waals surface area (Å²) in [6, 6.07) is 15.5. The van der Waals surface area contributed by atoms with E-state index in [4.69, 9.17) is 9.31 Å². The number of anilines is 1. The Bertz CT molecular complexity index is 852. The van der Waals surface area contributed by atoms with Crippen LogP contribution in [0.1, 0.15) is 43.6 Å². The molecule has 0 radical (unpaired) electrons. The smallest absolute Gasteiger partial charge is 0.399 e. The van der Waals surface area contributed by atoms with Crippen LogP contribution in [-0.4, -0.2) is 38.2 Å². The van der Waals surface area contributed by atoms with Crippen molar-refractivity contribution in [2.24, 2.45) is 0 Å². The molecular weight excluding hydrogens is 349 g/mol. The molecule has 2 aromatic carbocycles. The maximum absolute atomic E-state index is 12.5. The van der Waals surface area contributed by atoms with Gasteiger partial charge in [-0.15, -0.1) is 0 Å². The van der Waals surface area contributed by atoms with E-state index in [9.17, 15) is 4.79 Å². The number of allylic oxidation sites excluding steroid dienone is 1. The van der Waals surface area contributed by atoms with Gasteiger partial charge in [0.05, 0.1) is 11.2 Å². The zero-order chi connectivity index (χ0) is 20.5. The van der Waals surface area contributed by atoms with E-state index >= 15 is 0 Å². The molecule has 0 aliphatic carbocycles. The summed E-state index contributed by atoms with van der Waals surface area (Å²) in [6.07, 6.45) is 3.44. The molecule has 0 bridgehead atoms. The van der Waals surface area contributed by atoms with Crippen LogP contribution in [0.2, 0.25) is 0 Å². The lowest BCUT2D eigenvalue weighted by Crippen LogP contribution is -2.41. The van der Waals surface area contributed by atoms with Crippen LogP contribution < -0.4 is 10.4 Å². The van der Waals surface area contributed by atoms with Gasteiger partial charge in [0, 0.05) is 25.3 Å². The Morgan fingerprint density at radius 1 is 0.893 bits per heavy atom. The number of nitrogens with zero attached hydrogens (tertiary/aromatic N) is 1. The minimum absolute atomic E-state index is 0.0304. The van der Waals surface area contributed by atoms with E-state index in [2.05, 4.69) is 0 Å². The molecule has 1 heterocycles. The van der Waals surface area contributed by atoms with E-state index < -0.39 is 7.12 Å². The van der Waals surface area contributed by atoms with Gasteiger partial charge in [-0.1, -0.05) is 42.5 Å². The monoisotopic (exact) mass is 377 g/mol. The first kappa shape index (κ1) is 20.4. The Morgan fingerprint density at radius 2 is 1.43 bits per heavy atom. The van der Waals surface area contributed by atoms with E-state index in [0.717, 1.165) is 16.7 Å². The van der Waals surface area contributed by atoms with Crippen LogP contribution in [0.25, 0.3) is 6.08 Å². The van der Waals surface area contributed by atoms with Gasteiger partial charge >= 0.3 is 7.12 Å². The standard InChI is InChI=1S/C23H28BNO3/c1-22(2)23(3,4)28-24(27-22)19-12-10-18(11-13-19)21(26)16-9-17-7-14-20(15-8-17)25(5)6/h7-16H,1-6H3. The van der Waals surface area contributed by atoms with Gasteiger partial charge in [0.1, 0.15) is 0 Å². The van der Waals surface area contributed by atoms with Crippen molar-refractivity contribution < 1.29 is 14.1 Å². The fraction of sp³-hybridized carbons (Fsp3) is 0.348. The number of benzene rings is 2. The van der Waals surface area contributed by atoms with Gasteiger partial charge in [0.25, 0.3) is 0 Å². The van der Waals surface area contributed by atoms with Crippen molar-refractivity contribution >= 4 is 30.1 Å². The quantitative estimate of drug-likeness (QED) is 0.449. The van der Waals surface area contributed by atoms with Gasteiger partial charge in [0.15, 0.2) is 5.78 Å². The summed E-state index contributed by atoms with van der Waals surface area (Å²) in [6.45, 7) is 8.11. The number of ketones is 1. The summed E-state index contributed by atoms with van der Waals surface area (Å²) < 4.78 is 12.1. The number of hydrogen-bond donors (Lipinski definition) is 0. The van der Waals surface area contributed by atoms with E-state index in [1.54, 1.807) is 6.08 Å². The highest BCUT2D eigenvalue weighted by Crippen LogP contribution is 2.36. The van der Waals surface area contributed by atoms with Crippen LogP contribution in [0, 0.1) is 0 Å². The summed E-state index contributed by atoms with van der Waals surface area (Å²) in [5.41, 5.74) is 2.92. The van der Waals surface area contributed by atoms with Gasteiger partial charge < -0.3 is 14.2 Å². The van der Waals surface area contributed by atoms with E-state index in [-0.39, 0.29) is 17.0 Å². The highest BCUT2D eigenvalue weighted by atomic mass is 16.7. The Hall–Kier alpha value is -2.37. The number of rotatable bonds is 5. The molecule has 4 nitrogen and oxygen atoms in total. The van der Waals surface area contributed by atoms with Gasteiger partial charge in [-0.05, 0) is 56.9 Å². The van der Waals surface area contributed by atoms with Crippen molar-refractivity contribution in [3.63, 3.8) is 0 Å². The lowest BCUT2D eigenvalue weighted by Gasteiger charge is -2.32. The SMILES string of the molecule is CN(C)c1ccc(C=CC(=O)c2ccc(B3OC(C)(C)C(C)(C)O3)cc2)cc1. The van der Waals surface area contributed by atoms with Gasteiger partial charge in [0.2, 0.25) is 0 Å². The molecule has 3 rings (SSSR count). The second-order valence-corrected chi connectivity index (χ2v) is 8.39. The topological polar surface area (TPSA) is 38.8 Å². The molecule has 1 fully saturated rings. The molecular formula is C23H28BNO3. The van der Waals surface area contributed by atoms with Crippen molar-refractivity contribution in [3.8, 4) is 0 Å². The van der Waals surface area contributed by atoms with Crippen LogP contribution in [0.3, 0.4) is 0 Å². The third-order valence-corrected chi connectivity index (χ3v) is 5.56. The van der Waals surface area contributed by atoms with Crippen molar-refractivity contribution in [1.82, 2.24) is 0 Å². The van der Waals surface area contributed by atoms with Crippen LogP contribution >= 0.6 is 0 Å². The Labute approximate surface area is 168 Å². The normalized spacial score (nSPS) is 17.9. The van der Waals surface area contributed by atoms with Crippen molar-refractivity contribution in [2.75, 3.05) is 19.0 Å². The Morgan fingerprint density at radius 3 is 1.93 bits per heavy atom. The molecule has 0 unspecified atom stereocenters. The van der Waals surface area contributed by atoms with Crippen LogP contribution in [0.5, 0.6) is 0 Å². The van der Waals surface area contributed by atoms with Crippen LogP contribution in [-0.2, 0) is 9.31 Å². The lowest BCUT2D eigenvalue weighted by atomic mass is 9.78. The largest absolute Gasteiger partial charge is 0.494 e. The molecule has 146 valence electrons. The van der Waals surface area contributed by atoms with Crippen molar-refractivity contribution in [1.29, 1.82) is 0 Å². The zero-order valence-electron chi connectivity index (χ0n) is 17.5. The number of carbonyl (C=O) groups is 1.